The Morgan fingerprint density at radius 2 is 1.89 bits per heavy atom. The molecule has 3 rings (SSSR count). The predicted molar refractivity (Wildman–Crippen MR) is 114 cm³/mol. The van der Waals surface area contributed by atoms with Gasteiger partial charge in [0.15, 0.2) is 4.34 Å². The number of amides is 2. The molecular formula is C20H26N4O2S2. The Balaban J connectivity index is 1.44. The normalized spacial score (nSPS) is 19.4. The Labute approximate surface area is 174 Å². The monoisotopic (exact) mass is 418 g/mol. The van der Waals surface area contributed by atoms with Crippen molar-refractivity contribution in [3.8, 4) is 0 Å². The van der Waals surface area contributed by atoms with E-state index in [9.17, 15) is 9.59 Å². The molecule has 1 aliphatic rings. The first-order chi connectivity index (χ1) is 13.5. The molecule has 0 spiro atoms. The molecule has 1 aliphatic heterocycles. The van der Waals surface area contributed by atoms with Crippen LogP contribution in [0.3, 0.4) is 0 Å². The number of nitrogens with one attached hydrogen (secondary N) is 1. The number of thioether (sulfide) groups is 1. The van der Waals surface area contributed by atoms with Crippen LogP contribution in [0.2, 0.25) is 0 Å². The van der Waals surface area contributed by atoms with E-state index in [0.29, 0.717) is 40.1 Å². The number of carbonyl (C=O) groups is 2. The third-order valence-corrected chi connectivity index (χ3v) is 6.89. The third kappa shape index (κ3) is 5.78. The van der Waals surface area contributed by atoms with Gasteiger partial charge in [-0.05, 0) is 45.1 Å². The molecule has 1 N–H and O–H groups in total. The molecule has 0 saturated carbocycles. The van der Waals surface area contributed by atoms with Crippen LogP contribution < -0.4 is 5.32 Å². The fourth-order valence-corrected chi connectivity index (χ4v) is 5.15. The van der Waals surface area contributed by atoms with E-state index in [1.807, 2.05) is 35.2 Å². The minimum Gasteiger partial charge on any atom is -0.337 e. The highest BCUT2D eigenvalue weighted by Gasteiger charge is 2.28. The summed E-state index contributed by atoms with van der Waals surface area (Å²) >= 11 is 2.70. The van der Waals surface area contributed by atoms with Gasteiger partial charge < -0.3 is 10.2 Å². The van der Waals surface area contributed by atoms with Gasteiger partial charge in [-0.15, -0.1) is 10.2 Å². The van der Waals surface area contributed by atoms with Crippen molar-refractivity contribution in [2.45, 2.75) is 62.4 Å². The number of benzene rings is 1. The summed E-state index contributed by atoms with van der Waals surface area (Å²) < 4.78 is 0.698. The van der Waals surface area contributed by atoms with Crippen molar-refractivity contribution < 1.29 is 9.59 Å². The van der Waals surface area contributed by atoms with E-state index in [-0.39, 0.29) is 11.8 Å². The number of anilines is 1. The highest BCUT2D eigenvalue weighted by Crippen LogP contribution is 2.28. The van der Waals surface area contributed by atoms with Gasteiger partial charge in [-0.1, -0.05) is 53.4 Å². The van der Waals surface area contributed by atoms with Gasteiger partial charge in [0.2, 0.25) is 16.9 Å². The lowest BCUT2D eigenvalue weighted by atomic mass is 9.98. The smallest absolute Gasteiger partial charge is 0.233 e. The molecule has 0 bridgehead atoms. The molecule has 0 radical (unpaired) electrons. The minimum absolute atomic E-state index is 0.0800. The summed E-state index contributed by atoms with van der Waals surface area (Å²) in [5.41, 5.74) is 1.13. The van der Waals surface area contributed by atoms with Crippen LogP contribution in [0.1, 0.15) is 45.1 Å². The fourth-order valence-electron chi connectivity index (χ4n) is 3.51. The Kier molecular flexibility index (Phi) is 7.44. The molecule has 0 aliphatic carbocycles. The highest BCUT2D eigenvalue weighted by molar-refractivity contribution is 8.01. The van der Waals surface area contributed by atoms with Crippen molar-refractivity contribution in [2.24, 2.45) is 0 Å². The van der Waals surface area contributed by atoms with Gasteiger partial charge in [0.05, 0.1) is 5.75 Å². The van der Waals surface area contributed by atoms with E-state index in [0.717, 1.165) is 18.4 Å². The van der Waals surface area contributed by atoms with Crippen LogP contribution in [0.4, 0.5) is 5.13 Å². The van der Waals surface area contributed by atoms with Crippen molar-refractivity contribution in [3.05, 3.63) is 35.9 Å². The van der Waals surface area contributed by atoms with Gasteiger partial charge >= 0.3 is 0 Å². The van der Waals surface area contributed by atoms with E-state index < -0.39 is 0 Å². The molecule has 28 heavy (non-hydrogen) atoms. The van der Waals surface area contributed by atoms with Gasteiger partial charge in [0.1, 0.15) is 0 Å². The van der Waals surface area contributed by atoms with Gasteiger partial charge in [-0.2, -0.15) is 0 Å². The van der Waals surface area contributed by atoms with E-state index >= 15 is 0 Å². The van der Waals surface area contributed by atoms with Crippen molar-refractivity contribution >= 4 is 40.0 Å². The Bertz CT molecular complexity index is 787. The van der Waals surface area contributed by atoms with E-state index in [1.54, 1.807) is 0 Å². The van der Waals surface area contributed by atoms with Crippen LogP contribution in [0.5, 0.6) is 0 Å². The molecule has 8 heteroatoms. The number of piperidine rings is 1. The number of nitrogens with zero attached hydrogens (tertiary/aromatic N) is 3. The number of aryl methyl sites for hydroxylation is 1. The quantitative estimate of drug-likeness (QED) is 0.543. The van der Waals surface area contributed by atoms with Crippen LogP contribution in [0.15, 0.2) is 34.7 Å². The number of rotatable bonds is 7. The van der Waals surface area contributed by atoms with Gasteiger partial charge in [0.25, 0.3) is 0 Å². The standard InChI is InChI=1S/C20H26N4O2S2/c1-14-7-6-8-15(2)24(14)18(26)13-27-20-23-22-19(28-20)21-17(25)12-11-16-9-4-3-5-10-16/h3-5,9-10,14-15H,6-8,11-13H2,1-2H3,(H,21,22,25). The van der Waals surface area contributed by atoms with Gasteiger partial charge in [0, 0.05) is 18.5 Å². The van der Waals surface area contributed by atoms with Crippen molar-refractivity contribution in [3.63, 3.8) is 0 Å². The molecular weight excluding hydrogens is 392 g/mol. The number of carbonyl (C=O) groups excluding carboxylic acids is 2. The second kappa shape index (κ2) is 10.0. The second-order valence-electron chi connectivity index (χ2n) is 7.13. The van der Waals surface area contributed by atoms with Crippen LogP contribution in [-0.2, 0) is 16.0 Å². The molecule has 1 aromatic heterocycles. The first-order valence-electron chi connectivity index (χ1n) is 9.64. The molecule has 2 amide bonds. The molecule has 2 unspecified atom stereocenters. The summed E-state index contributed by atoms with van der Waals surface area (Å²) in [6.45, 7) is 4.23. The summed E-state index contributed by atoms with van der Waals surface area (Å²) in [5.74, 6) is 0.419. The van der Waals surface area contributed by atoms with Crippen molar-refractivity contribution in [1.29, 1.82) is 0 Å². The zero-order valence-electron chi connectivity index (χ0n) is 16.3. The zero-order valence-corrected chi connectivity index (χ0v) is 17.9. The predicted octanol–water partition coefficient (Wildman–Crippen LogP) is 3.99. The van der Waals surface area contributed by atoms with Crippen molar-refractivity contribution in [1.82, 2.24) is 15.1 Å². The summed E-state index contributed by atoms with van der Waals surface area (Å²) in [4.78, 5) is 26.7. The number of hydrogen-bond donors (Lipinski definition) is 1. The maximum atomic E-state index is 12.6. The molecule has 2 atom stereocenters. The lowest BCUT2D eigenvalue weighted by Crippen LogP contribution is -2.48. The number of hydrogen-bond acceptors (Lipinski definition) is 6. The topological polar surface area (TPSA) is 75.2 Å². The minimum atomic E-state index is -0.0800. The average Bonchev–Trinajstić information content (AvgIpc) is 3.13. The molecule has 2 heterocycles. The Morgan fingerprint density at radius 3 is 2.61 bits per heavy atom. The largest absolute Gasteiger partial charge is 0.337 e. The van der Waals surface area contributed by atoms with Crippen LogP contribution >= 0.6 is 23.1 Å². The first kappa shape index (κ1) is 20.8. The van der Waals surface area contributed by atoms with Crippen LogP contribution in [0, 0.1) is 0 Å². The fraction of sp³-hybridized carbons (Fsp3) is 0.500. The van der Waals surface area contributed by atoms with Crippen molar-refractivity contribution in [2.75, 3.05) is 11.1 Å². The van der Waals surface area contributed by atoms with Crippen LogP contribution in [-0.4, -0.2) is 44.7 Å². The maximum absolute atomic E-state index is 12.6. The lowest BCUT2D eigenvalue weighted by Gasteiger charge is -2.39. The summed E-state index contributed by atoms with van der Waals surface area (Å²) in [5, 5.41) is 11.4. The Morgan fingerprint density at radius 1 is 1.18 bits per heavy atom. The molecule has 1 aromatic carbocycles. The molecule has 6 nitrogen and oxygen atoms in total. The van der Waals surface area contributed by atoms with Gasteiger partial charge in [-0.25, -0.2) is 0 Å². The molecule has 150 valence electrons. The molecule has 1 saturated heterocycles. The summed E-state index contributed by atoms with van der Waals surface area (Å²) in [6, 6.07) is 10.5. The SMILES string of the molecule is CC1CCCC(C)N1C(=O)CSc1nnc(NC(=O)CCc2ccccc2)s1. The zero-order chi connectivity index (χ0) is 19.9. The third-order valence-electron chi connectivity index (χ3n) is 4.94. The Hall–Kier alpha value is -1.93. The second-order valence-corrected chi connectivity index (χ2v) is 9.33. The highest BCUT2D eigenvalue weighted by atomic mass is 32.2. The lowest BCUT2D eigenvalue weighted by molar-refractivity contribution is -0.134. The number of likely N-dealkylation sites (tertiary alicyclic amines) is 1. The van der Waals surface area contributed by atoms with E-state index in [4.69, 9.17) is 0 Å². The molecule has 2 aromatic rings. The van der Waals surface area contributed by atoms with Crippen LogP contribution in [0.25, 0.3) is 0 Å². The number of aromatic nitrogens is 2. The van der Waals surface area contributed by atoms with E-state index in [2.05, 4.69) is 29.4 Å². The molecule has 1 fully saturated rings. The summed E-state index contributed by atoms with van der Waals surface area (Å²) in [6.07, 6.45) is 4.41. The maximum Gasteiger partial charge on any atom is 0.233 e. The first-order valence-corrected chi connectivity index (χ1v) is 11.4. The average molecular weight is 419 g/mol. The summed E-state index contributed by atoms with van der Waals surface area (Å²) in [7, 11) is 0. The van der Waals surface area contributed by atoms with E-state index in [1.165, 1.54) is 29.5 Å². The van der Waals surface area contributed by atoms with Gasteiger partial charge in [-0.3, -0.25) is 9.59 Å².